The fourth-order valence-corrected chi connectivity index (χ4v) is 7.60. The van der Waals surface area contributed by atoms with E-state index in [0.29, 0.717) is 5.84 Å². The van der Waals surface area contributed by atoms with Gasteiger partial charge >= 0.3 is 0 Å². The van der Waals surface area contributed by atoms with Crippen molar-refractivity contribution in [3.63, 3.8) is 0 Å². The highest BCUT2D eigenvalue weighted by molar-refractivity contribution is 7.26. The molecule has 2 aromatic heterocycles. The van der Waals surface area contributed by atoms with Gasteiger partial charge in [0.1, 0.15) is 12.0 Å². The Bertz CT molecular complexity index is 2500. The highest BCUT2D eigenvalue weighted by Crippen LogP contribution is 2.40. The third-order valence-electron chi connectivity index (χ3n) is 8.75. The second-order valence-corrected chi connectivity index (χ2v) is 12.8. The van der Waals surface area contributed by atoms with Gasteiger partial charge in [0.05, 0.1) is 10.2 Å². The van der Waals surface area contributed by atoms with Crippen LogP contribution in [0.3, 0.4) is 0 Å². The molecule has 9 rings (SSSR count). The Hall–Kier alpha value is -5.91. The molecule has 8 aromatic rings. The van der Waals surface area contributed by atoms with Crippen molar-refractivity contribution in [1.82, 2.24) is 10.3 Å². The average Bonchev–Trinajstić information content (AvgIpc) is 3.54. The number of aromatic nitrogens is 1. The van der Waals surface area contributed by atoms with Crippen LogP contribution in [0.2, 0.25) is 0 Å². The standard InChI is InChI=1S/C42H28N4S/c1-3-12-28(13-4-1)40-44-41(29-14-5-2-6-15-29)46-42(45-40)34-25-32(31-20-19-27-11-7-8-16-30(27)23-31)24-33(26-34)35-21-22-43-38-36-17-9-10-18-37(36)47-39(35)38/h1-26,40H,(H,44,45,46). The molecule has 0 saturated heterocycles. The number of thiophene rings is 1. The number of benzene rings is 6. The Kier molecular flexibility index (Phi) is 6.69. The number of nitrogens with zero attached hydrogens (tertiary/aromatic N) is 3. The van der Waals surface area contributed by atoms with Crippen LogP contribution in [0.15, 0.2) is 168 Å². The molecule has 6 aromatic carbocycles. The lowest BCUT2D eigenvalue weighted by atomic mass is 9.94. The molecule has 0 fully saturated rings. The molecule has 0 radical (unpaired) electrons. The van der Waals surface area contributed by atoms with Gasteiger partial charge in [-0.15, -0.1) is 11.3 Å². The Morgan fingerprint density at radius 1 is 0.553 bits per heavy atom. The summed E-state index contributed by atoms with van der Waals surface area (Å²) in [5, 5.41) is 7.21. The van der Waals surface area contributed by atoms with Crippen molar-refractivity contribution < 1.29 is 0 Å². The molecule has 1 unspecified atom stereocenters. The second-order valence-electron chi connectivity index (χ2n) is 11.7. The van der Waals surface area contributed by atoms with E-state index in [4.69, 9.17) is 15.0 Å². The fraction of sp³-hybridized carbons (Fsp3) is 0.0238. The molecule has 1 atom stereocenters. The van der Waals surface area contributed by atoms with Gasteiger partial charge in [0.25, 0.3) is 0 Å². The number of rotatable bonds is 5. The summed E-state index contributed by atoms with van der Waals surface area (Å²) in [5.74, 6) is 1.50. The first-order valence-electron chi connectivity index (χ1n) is 15.7. The lowest BCUT2D eigenvalue weighted by molar-refractivity contribution is 0.674. The molecule has 1 aliphatic rings. The number of pyridine rings is 1. The van der Waals surface area contributed by atoms with Crippen molar-refractivity contribution in [2.45, 2.75) is 6.17 Å². The largest absolute Gasteiger partial charge is 0.344 e. The van der Waals surface area contributed by atoms with Crippen LogP contribution in [0, 0.1) is 0 Å². The topological polar surface area (TPSA) is 49.6 Å². The van der Waals surface area contributed by atoms with Crippen LogP contribution in [-0.2, 0) is 0 Å². The van der Waals surface area contributed by atoms with E-state index >= 15 is 0 Å². The summed E-state index contributed by atoms with van der Waals surface area (Å²) in [5.41, 5.74) is 8.63. The summed E-state index contributed by atoms with van der Waals surface area (Å²) < 4.78 is 2.41. The molecule has 5 heteroatoms. The number of hydrogen-bond donors (Lipinski definition) is 1. The van der Waals surface area contributed by atoms with Gasteiger partial charge < -0.3 is 5.32 Å². The Morgan fingerprint density at radius 3 is 2.15 bits per heavy atom. The van der Waals surface area contributed by atoms with Gasteiger partial charge in [-0.25, -0.2) is 9.98 Å². The number of aliphatic imine (C=N–C) groups is 2. The lowest BCUT2D eigenvalue weighted by Gasteiger charge is -2.24. The van der Waals surface area contributed by atoms with Crippen LogP contribution in [0.5, 0.6) is 0 Å². The minimum Gasteiger partial charge on any atom is -0.344 e. The predicted molar refractivity (Wildman–Crippen MR) is 197 cm³/mol. The third-order valence-corrected chi connectivity index (χ3v) is 9.94. The summed E-state index contributed by atoms with van der Waals surface area (Å²) >= 11 is 1.79. The number of amidine groups is 2. The second kappa shape index (κ2) is 11.5. The van der Waals surface area contributed by atoms with E-state index in [1.807, 2.05) is 30.5 Å². The van der Waals surface area contributed by atoms with Gasteiger partial charge in [-0.1, -0.05) is 115 Å². The molecular formula is C42H28N4S. The van der Waals surface area contributed by atoms with Crippen molar-refractivity contribution in [3.05, 3.63) is 175 Å². The van der Waals surface area contributed by atoms with E-state index < -0.39 is 0 Å². The van der Waals surface area contributed by atoms with E-state index in [2.05, 4.69) is 133 Å². The molecule has 1 aliphatic heterocycles. The monoisotopic (exact) mass is 620 g/mol. The first kappa shape index (κ1) is 27.4. The zero-order chi connectivity index (χ0) is 31.2. The molecule has 0 aliphatic carbocycles. The Morgan fingerprint density at radius 2 is 1.28 bits per heavy atom. The molecule has 4 nitrogen and oxygen atoms in total. The zero-order valence-electron chi connectivity index (χ0n) is 25.3. The minimum absolute atomic E-state index is 0.276. The van der Waals surface area contributed by atoms with Crippen LogP contribution in [-0.4, -0.2) is 16.7 Å². The van der Waals surface area contributed by atoms with Crippen molar-refractivity contribution in [2.24, 2.45) is 9.98 Å². The van der Waals surface area contributed by atoms with Gasteiger partial charge in [0, 0.05) is 33.0 Å². The zero-order valence-corrected chi connectivity index (χ0v) is 26.2. The lowest BCUT2D eigenvalue weighted by Crippen LogP contribution is -2.33. The summed E-state index contributed by atoms with van der Waals surface area (Å²) in [6.45, 7) is 0. The molecular weight excluding hydrogens is 593 g/mol. The Balaban J connectivity index is 1.28. The van der Waals surface area contributed by atoms with E-state index in [1.165, 1.54) is 25.6 Å². The van der Waals surface area contributed by atoms with Gasteiger partial charge in [-0.05, 0) is 69.4 Å². The molecule has 0 saturated carbocycles. The molecule has 1 N–H and O–H groups in total. The maximum atomic E-state index is 5.22. The average molecular weight is 621 g/mol. The SMILES string of the molecule is c1ccc(C2=NC(c3cc(-c4ccc5ccccc5c4)cc(-c4ccnc5c4sc4ccccc45)c3)=NC(c3ccccc3)N2)cc1. The van der Waals surface area contributed by atoms with Crippen LogP contribution in [0.4, 0.5) is 0 Å². The van der Waals surface area contributed by atoms with Crippen LogP contribution in [0.1, 0.15) is 22.9 Å². The van der Waals surface area contributed by atoms with E-state index in [-0.39, 0.29) is 6.17 Å². The smallest absolute Gasteiger partial charge is 0.159 e. The van der Waals surface area contributed by atoms with E-state index in [1.54, 1.807) is 11.3 Å². The normalized spacial score (nSPS) is 14.6. The summed E-state index contributed by atoms with van der Waals surface area (Å²) in [7, 11) is 0. The van der Waals surface area contributed by atoms with Gasteiger partial charge in [-0.2, -0.15) is 0 Å². The molecule has 222 valence electrons. The van der Waals surface area contributed by atoms with Crippen molar-refractivity contribution in [2.75, 3.05) is 0 Å². The molecule has 0 amide bonds. The first-order chi connectivity index (χ1) is 23.3. The first-order valence-corrected chi connectivity index (χ1v) is 16.5. The van der Waals surface area contributed by atoms with Gasteiger partial charge in [0.2, 0.25) is 0 Å². The quantitative estimate of drug-likeness (QED) is 0.208. The van der Waals surface area contributed by atoms with Crippen LogP contribution < -0.4 is 5.32 Å². The highest BCUT2D eigenvalue weighted by Gasteiger charge is 2.22. The molecule has 0 spiro atoms. The maximum Gasteiger partial charge on any atom is 0.159 e. The minimum atomic E-state index is -0.276. The van der Waals surface area contributed by atoms with Crippen molar-refractivity contribution in [3.8, 4) is 22.3 Å². The fourth-order valence-electron chi connectivity index (χ4n) is 6.41. The molecule has 0 bridgehead atoms. The summed E-state index contributed by atoms with van der Waals surface area (Å²) in [6.07, 6.45) is 1.65. The van der Waals surface area contributed by atoms with Gasteiger partial charge in [0.15, 0.2) is 5.84 Å². The summed E-state index contributed by atoms with van der Waals surface area (Å²) in [4.78, 5) is 15.2. The number of fused-ring (bicyclic) bond motifs is 4. The maximum absolute atomic E-state index is 5.22. The number of nitrogens with one attached hydrogen (secondary N) is 1. The van der Waals surface area contributed by atoms with E-state index in [9.17, 15) is 0 Å². The van der Waals surface area contributed by atoms with Gasteiger partial charge in [-0.3, -0.25) is 4.98 Å². The van der Waals surface area contributed by atoms with Crippen LogP contribution in [0.25, 0.3) is 53.3 Å². The highest BCUT2D eigenvalue weighted by atomic mass is 32.1. The summed E-state index contributed by atoms with van der Waals surface area (Å²) in [6, 6.07) is 53.3. The Labute approximate surface area is 276 Å². The predicted octanol–water partition coefficient (Wildman–Crippen LogP) is 10.4. The molecule has 3 heterocycles. The van der Waals surface area contributed by atoms with Crippen LogP contribution >= 0.6 is 11.3 Å². The third kappa shape index (κ3) is 5.07. The number of hydrogen-bond acceptors (Lipinski definition) is 5. The van der Waals surface area contributed by atoms with E-state index in [0.717, 1.165) is 50.3 Å². The van der Waals surface area contributed by atoms with Crippen molar-refractivity contribution >= 4 is 54.1 Å². The molecule has 47 heavy (non-hydrogen) atoms. The van der Waals surface area contributed by atoms with Crippen molar-refractivity contribution in [1.29, 1.82) is 0 Å².